The number of rotatable bonds is 62. The summed E-state index contributed by atoms with van der Waals surface area (Å²) in [4.78, 5) is 24.6. The van der Waals surface area contributed by atoms with Crippen molar-refractivity contribution in [3.8, 4) is 0 Å². The molecule has 0 aliphatic heterocycles. The van der Waals surface area contributed by atoms with Crippen molar-refractivity contribution in [3.05, 3.63) is 36.5 Å². The zero-order chi connectivity index (χ0) is 53.6. The van der Waals surface area contributed by atoms with Crippen molar-refractivity contribution in [3.63, 3.8) is 0 Å². The fraction of sp³-hybridized carbons (Fsp3) is 0.882. The molecule has 0 aromatic rings. The normalized spacial score (nSPS) is 12.8. The lowest BCUT2D eigenvalue weighted by Crippen LogP contribution is -2.45. The van der Waals surface area contributed by atoms with E-state index in [1.165, 1.54) is 263 Å². The highest BCUT2D eigenvalue weighted by Gasteiger charge is 2.20. The molecule has 2 unspecified atom stereocenters. The molecule has 0 fully saturated rings. The summed E-state index contributed by atoms with van der Waals surface area (Å²) in [5.41, 5.74) is 0. The number of amides is 1. The average Bonchev–Trinajstić information content (AvgIpc) is 3.40. The number of nitrogens with one attached hydrogen (secondary N) is 1. The molecule has 0 bridgehead atoms. The summed E-state index contributed by atoms with van der Waals surface area (Å²) in [5, 5.41) is 23.4. The van der Waals surface area contributed by atoms with Crippen molar-refractivity contribution in [2.24, 2.45) is 0 Å². The Hall–Kier alpha value is -1.92. The largest absolute Gasteiger partial charge is 0.466 e. The maximum absolute atomic E-state index is 12.5. The van der Waals surface area contributed by atoms with Gasteiger partial charge in [0.05, 0.1) is 25.4 Å². The number of aliphatic hydroxyl groups is 2. The minimum absolute atomic E-state index is 0.000186. The maximum atomic E-state index is 12.5. The predicted molar refractivity (Wildman–Crippen MR) is 324 cm³/mol. The topological polar surface area (TPSA) is 95.9 Å². The van der Waals surface area contributed by atoms with Crippen LogP contribution in [0.1, 0.15) is 361 Å². The summed E-state index contributed by atoms with van der Waals surface area (Å²) in [5.74, 6) is -0.0466. The smallest absolute Gasteiger partial charge is 0.305 e. The molecule has 0 saturated carbocycles. The molecule has 2 atom stereocenters. The number of allylic oxidation sites excluding steroid dienone is 6. The highest BCUT2D eigenvalue weighted by molar-refractivity contribution is 5.76. The first-order chi connectivity index (χ1) is 36.5. The lowest BCUT2D eigenvalue weighted by Gasteiger charge is -2.22. The first kappa shape index (κ1) is 72.1. The van der Waals surface area contributed by atoms with Crippen LogP contribution in [0.2, 0.25) is 0 Å². The molecular formula is C68H129NO5. The van der Waals surface area contributed by atoms with Crippen LogP contribution in [0.5, 0.6) is 0 Å². The predicted octanol–water partition coefficient (Wildman–Crippen LogP) is 21.1. The summed E-state index contributed by atoms with van der Waals surface area (Å²) in [6.07, 6.45) is 80.2. The van der Waals surface area contributed by atoms with Crippen LogP contribution < -0.4 is 5.32 Å². The van der Waals surface area contributed by atoms with Crippen molar-refractivity contribution in [1.29, 1.82) is 0 Å². The van der Waals surface area contributed by atoms with Gasteiger partial charge in [-0.25, -0.2) is 0 Å². The molecule has 0 aromatic carbocycles. The third kappa shape index (κ3) is 59.3. The van der Waals surface area contributed by atoms with Crippen molar-refractivity contribution < 1.29 is 24.5 Å². The highest BCUT2D eigenvalue weighted by Crippen LogP contribution is 2.18. The monoisotopic (exact) mass is 1040 g/mol. The number of ether oxygens (including phenoxy) is 1. The van der Waals surface area contributed by atoms with Gasteiger partial charge in [0.1, 0.15) is 0 Å². The van der Waals surface area contributed by atoms with Gasteiger partial charge in [-0.05, 0) is 83.5 Å². The van der Waals surface area contributed by atoms with Crippen molar-refractivity contribution >= 4 is 11.9 Å². The Morgan fingerprint density at radius 1 is 0.378 bits per heavy atom. The minimum Gasteiger partial charge on any atom is -0.466 e. The van der Waals surface area contributed by atoms with Crippen LogP contribution in [-0.2, 0) is 14.3 Å². The van der Waals surface area contributed by atoms with E-state index in [2.05, 4.69) is 55.6 Å². The Kier molecular flexibility index (Phi) is 62.0. The fourth-order valence-electron chi connectivity index (χ4n) is 10.3. The lowest BCUT2D eigenvalue weighted by molar-refractivity contribution is -0.143. The first-order valence-electron chi connectivity index (χ1n) is 33.2. The van der Waals surface area contributed by atoms with E-state index in [0.29, 0.717) is 25.9 Å². The van der Waals surface area contributed by atoms with Gasteiger partial charge < -0.3 is 20.3 Å². The molecule has 436 valence electrons. The summed E-state index contributed by atoms with van der Waals surface area (Å²) in [6, 6.07) is -0.553. The van der Waals surface area contributed by atoms with E-state index < -0.39 is 12.1 Å². The molecule has 0 aromatic heterocycles. The number of hydrogen-bond acceptors (Lipinski definition) is 5. The van der Waals surface area contributed by atoms with E-state index in [1.807, 2.05) is 0 Å². The van der Waals surface area contributed by atoms with Crippen LogP contribution in [0.3, 0.4) is 0 Å². The van der Waals surface area contributed by atoms with E-state index in [-0.39, 0.29) is 18.5 Å². The minimum atomic E-state index is -0.675. The number of aliphatic hydroxyl groups excluding tert-OH is 2. The Morgan fingerprint density at radius 2 is 0.676 bits per heavy atom. The number of unbranched alkanes of at least 4 members (excludes halogenated alkanes) is 45. The zero-order valence-corrected chi connectivity index (χ0v) is 49.8. The molecule has 0 rings (SSSR count). The van der Waals surface area contributed by atoms with E-state index in [9.17, 15) is 19.8 Å². The quantitative estimate of drug-likeness (QED) is 0.0320. The van der Waals surface area contributed by atoms with Crippen LogP contribution in [0, 0.1) is 0 Å². The van der Waals surface area contributed by atoms with Crippen molar-refractivity contribution in [2.45, 2.75) is 373 Å². The van der Waals surface area contributed by atoms with Crippen LogP contribution >= 0.6 is 0 Å². The standard InChI is InChI=1S/C68H129NO5/c1-3-5-7-9-11-13-15-17-19-21-23-25-28-32-36-40-44-48-52-56-60-66(71)65(64-70)69-67(72)61-57-53-49-45-41-37-33-29-26-27-31-35-39-43-47-51-55-59-63-74-68(73)62-58-54-50-46-42-38-34-30-24-22-20-18-16-14-12-10-8-6-4-2/h12,14,18,20,29,33,65-66,70-71H,3-11,13,15-17,19,21-28,30-32,34-64H2,1-2H3,(H,69,72)/b14-12-,20-18-,33-29-. The average molecular weight is 1040 g/mol. The molecule has 3 N–H and O–H groups in total. The van der Waals surface area contributed by atoms with E-state index in [1.54, 1.807) is 0 Å². The number of carbonyl (C=O) groups is 2. The van der Waals surface area contributed by atoms with Crippen LogP contribution in [-0.4, -0.2) is 47.4 Å². The van der Waals surface area contributed by atoms with Gasteiger partial charge in [0.2, 0.25) is 5.91 Å². The van der Waals surface area contributed by atoms with E-state index in [0.717, 1.165) is 64.2 Å². The molecule has 74 heavy (non-hydrogen) atoms. The molecule has 0 aliphatic rings. The molecule has 1 amide bonds. The van der Waals surface area contributed by atoms with Crippen LogP contribution in [0.4, 0.5) is 0 Å². The summed E-state index contributed by atoms with van der Waals surface area (Å²) in [6.45, 7) is 4.94. The molecule has 0 saturated heterocycles. The van der Waals surface area contributed by atoms with E-state index >= 15 is 0 Å². The van der Waals surface area contributed by atoms with Crippen LogP contribution in [0.25, 0.3) is 0 Å². The van der Waals surface area contributed by atoms with Gasteiger partial charge >= 0.3 is 5.97 Å². The summed E-state index contributed by atoms with van der Waals surface area (Å²) in [7, 11) is 0. The lowest BCUT2D eigenvalue weighted by atomic mass is 10.0. The zero-order valence-electron chi connectivity index (χ0n) is 49.8. The number of esters is 1. The third-order valence-corrected chi connectivity index (χ3v) is 15.4. The summed E-state index contributed by atoms with van der Waals surface area (Å²) >= 11 is 0. The van der Waals surface area contributed by atoms with Gasteiger partial charge in [0, 0.05) is 12.8 Å². The van der Waals surface area contributed by atoms with Crippen LogP contribution in [0.15, 0.2) is 36.5 Å². The molecule has 0 spiro atoms. The molecule has 0 aliphatic carbocycles. The Bertz CT molecular complexity index is 1200. The second-order valence-corrected chi connectivity index (χ2v) is 22.8. The second-order valence-electron chi connectivity index (χ2n) is 22.8. The molecule has 0 heterocycles. The summed E-state index contributed by atoms with van der Waals surface area (Å²) < 4.78 is 5.49. The van der Waals surface area contributed by atoms with Gasteiger partial charge in [0.15, 0.2) is 0 Å². The molecule has 6 nitrogen and oxygen atoms in total. The fourth-order valence-corrected chi connectivity index (χ4v) is 10.3. The molecular weight excluding hydrogens is 911 g/mol. The van der Waals surface area contributed by atoms with Crippen molar-refractivity contribution in [1.82, 2.24) is 5.32 Å². The molecule has 6 heteroatoms. The third-order valence-electron chi connectivity index (χ3n) is 15.4. The van der Waals surface area contributed by atoms with Gasteiger partial charge in [0.25, 0.3) is 0 Å². The Morgan fingerprint density at radius 3 is 1.07 bits per heavy atom. The number of carbonyl (C=O) groups excluding carboxylic acids is 2. The maximum Gasteiger partial charge on any atom is 0.305 e. The molecule has 0 radical (unpaired) electrons. The van der Waals surface area contributed by atoms with Crippen molar-refractivity contribution in [2.75, 3.05) is 13.2 Å². The Balaban J connectivity index is 3.44. The number of hydrogen-bond donors (Lipinski definition) is 3. The van der Waals surface area contributed by atoms with Gasteiger partial charge in [-0.1, -0.05) is 301 Å². The Labute approximate surface area is 462 Å². The highest BCUT2D eigenvalue weighted by atomic mass is 16.5. The van der Waals surface area contributed by atoms with Gasteiger partial charge in [-0.2, -0.15) is 0 Å². The first-order valence-corrected chi connectivity index (χ1v) is 33.2. The van der Waals surface area contributed by atoms with Gasteiger partial charge in [-0.15, -0.1) is 0 Å². The van der Waals surface area contributed by atoms with E-state index in [4.69, 9.17) is 4.74 Å². The SMILES string of the molecule is CCCCC/C=C\C/C=C\CCCCCCCCCCCC(=O)OCCCCCCCCCCC/C=C\CCCCCCCC(=O)NC(CO)C(O)CCCCCCCCCCCCCCCCCCCCCC. The second kappa shape index (κ2) is 63.6. The van der Waals surface area contributed by atoms with Gasteiger partial charge in [-0.3, -0.25) is 9.59 Å².